The zero-order valence-corrected chi connectivity index (χ0v) is 29.5. The number of aromatic nitrogens is 3. The number of hydrogen-bond acceptors (Lipinski definition) is 6. The number of nitrogens with zero attached hydrogens (tertiary/aromatic N) is 6. The number of amidine groups is 2. The van der Waals surface area contributed by atoms with Crippen molar-refractivity contribution in [2.45, 2.75) is 6.17 Å². The molecule has 9 aromatic rings. The zero-order valence-electron chi connectivity index (χ0n) is 29.5. The Balaban J connectivity index is 1.16. The molecular weight excluding hydrogens is 677 g/mol. The highest BCUT2D eigenvalue weighted by Crippen LogP contribution is 2.40. The summed E-state index contributed by atoms with van der Waals surface area (Å²) in [4.78, 5) is 25.5. The fourth-order valence-corrected chi connectivity index (χ4v) is 7.17. The van der Waals surface area contributed by atoms with E-state index < -0.39 is 6.17 Å². The average Bonchev–Trinajstić information content (AvgIpc) is 3.66. The second kappa shape index (κ2) is 13.8. The lowest BCUT2D eigenvalue weighted by Crippen LogP contribution is -2.17. The van der Waals surface area contributed by atoms with Gasteiger partial charge < -0.3 is 14.7 Å². The van der Waals surface area contributed by atoms with Crippen molar-refractivity contribution >= 4 is 33.6 Å². The molecular formula is C48H31N6O-. The Morgan fingerprint density at radius 3 is 1.65 bits per heavy atom. The number of fused-ring (bicyclic) bond motifs is 3. The van der Waals surface area contributed by atoms with E-state index >= 15 is 0 Å². The molecule has 7 nitrogen and oxygen atoms in total. The van der Waals surface area contributed by atoms with Crippen LogP contribution in [0.3, 0.4) is 0 Å². The van der Waals surface area contributed by atoms with Crippen LogP contribution in [0.4, 0.5) is 0 Å². The summed E-state index contributed by atoms with van der Waals surface area (Å²) in [5.41, 5.74) is 8.96. The van der Waals surface area contributed by atoms with Crippen LogP contribution in [0.25, 0.3) is 72.5 Å². The van der Waals surface area contributed by atoms with Gasteiger partial charge in [0.25, 0.3) is 0 Å². The van der Waals surface area contributed by atoms with Gasteiger partial charge in [0, 0.05) is 33.0 Å². The average molecular weight is 708 g/mol. The standard InChI is InChI=1S/C48H31N6O/c1-4-17-31(18-5-1)43-49-44(32-19-6-2-7-20-32)51-47(50-43)37-25-12-13-26-38(37)48-53-45(33-21-8-3-9-22-33)52-46(54-48)36-24-11-10-23-34(36)35-28-16-30-41-42(35)39-27-14-15-29-40(39)55-41/h1-30,45H/q-1. The molecule has 260 valence electrons. The summed E-state index contributed by atoms with van der Waals surface area (Å²) in [6.07, 6.45) is -0.534. The van der Waals surface area contributed by atoms with Gasteiger partial charge in [0.1, 0.15) is 11.2 Å². The third kappa shape index (κ3) is 6.03. The van der Waals surface area contributed by atoms with Gasteiger partial charge in [-0.2, -0.15) is 0 Å². The topological polar surface area (TPSA) is 90.6 Å². The monoisotopic (exact) mass is 707 g/mol. The van der Waals surface area contributed by atoms with Crippen LogP contribution in [0.15, 0.2) is 196 Å². The predicted octanol–water partition coefficient (Wildman–Crippen LogP) is 11.7. The second-order valence-corrected chi connectivity index (χ2v) is 13.2. The van der Waals surface area contributed by atoms with Crippen LogP contribution in [-0.4, -0.2) is 26.6 Å². The first kappa shape index (κ1) is 32.2. The van der Waals surface area contributed by atoms with Gasteiger partial charge in [-0.05, 0) is 34.4 Å². The maximum Gasteiger partial charge on any atom is 0.164 e. The van der Waals surface area contributed by atoms with E-state index in [1.807, 2.05) is 140 Å². The van der Waals surface area contributed by atoms with E-state index in [1.54, 1.807) is 0 Å². The maximum atomic E-state index is 6.29. The Morgan fingerprint density at radius 2 is 0.945 bits per heavy atom. The molecule has 1 unspecified atom stereocenters. The van der Waals surface area contributed by atoms with Crippen LogP contribution >= 0.6 is 0 Å². The molecule has 7 aromatic carbocycles. The Morgan fingerprint density at radius 1 is 0.418 bits per heavy atom. The number of aliphatic imine (C=N–C) groups is 2. The van der Waals surface area contributed by atoms with Crippen LogP contribution in [0.5, 0.6) is 0 Å². The van der Waals surface area contributed by atoms with Crippen molar-refractivity contribution in [3.05, 3.63) is 204 Å². The molecule has 3 heterocycles. The first-order valence-corrected chi connectivity index (χ1v) is 18.2. The van der Waals surface area contributed by atoms with E-state index in [4.69, 9.17) is 34.7 Å². The highest BCUT2D eigenvalue weighted by atomic mass is 16.3. The van der Waals surface area contributed by atoms with Crippen molar-refractivity contribution in [2.75, 3.05) is 0 Å². The molecule has 0 aliphatic carbocycles. The van der Waals surface area contributed by atoms with E-state index in [0.29, 0.717) is 29.1 Å². The summed E-state index contributed by atoms with van der Waals surface area (Å²) >= 11 is 0. The van der Waals surface area contributed by atoms with Crippen molar-refractivity contribution in [2.24, 2.45) is 9.98 Å². The van der Waals surface area contributed by atoms with Crippen molar-refractivity contribution in [1.29, 1.82) is 0 Å². The molecule has 1 atom stereocenters. The number of hydrogen-bond donors (Lipinski definition) is 0. The van der Waals surface area contributed by atoms with E-state index in [-0.39, 0.29) is 0 Å². The first-order valence-electron chi connectivity index (χ1n) is 18.2. The lowest BCUT2D eigenvalue weighted by Gasteiger charge is -2.33. The molecule has 0 amide bonds. The second-order valence-electron chi connectivity index (χ2n) is 13.2. The normalized spacial score (nSPS) is 14.0. The number of rotatable bonds is 7. The number of para-hydroxylation sites is 1. The van der Waals surface area contributed by atoms with Crippen LogP contribution in [-0.2, 0) is 0 Å². The third-order valence-corrected chi connectivity index (χ3v) is 9.77. The third-order valence-electron chi connectivity index (χ3n) is 9.77. The maximum absolute atomic E-state index is 6.29. The summed E-state index contributed by atoms with van der Waals surface area (Å²) < 4.78 is 6.29. The minimum Gasteiger partial charge on any atom is -0.456 e. The predicted molar refractivity (Wildman–Crippen MR) is 221 cm³/mol. The smallest absolute Gasteiger partial charge is 0.164 e. The number of benzene rings is 7. The highest BCUT2D eigenvalue weighted by molar-refractivity contribution is 6.23. The molecule has 0 spiro atoms. The minimum absolute atomic E-state index is 0.528. The summed E-state index contributed by atoms with van der Waals surface area (Å²) in [6.45, 7) is 0. The quantitative estimate of drug-likeness (QED) is 0.165. The largest absolute Gasteiger partial charge is 0.456 e. The lowest BCUT2D eigenvalue weighted by atomic mass is 9.94. The summed E-state index contributed by atoms with van der Waals surface area (Å²) in [5.74, 6) is 2.82. The molecule has 10 rings (SSSR count). The first-order chi connectivity index (χ1) is 27.3. The van der Waals surface area contributed by atoms with E-state index in [2.05, 4.69) is 42.5 Å². The van der Waals surface area contributed by atoms with Gasteiger partial charge in [-0.3, -0.25) is 4.99 Å². The van der Waals surface area contributed by atoms with Crippen molar-refractivity contribution < 1.29 is 4.42 Å². The summed E-state index contributed by atoms with van der Waals surface area (Å²) in [6, 6.07) is 60.8. The molecule has 0 saturated heterocycles. The van der Waals surface area contributed by atoms with Gasteiger partial charge in [0.05, 0.1) is 12.0 Å². The Kier molecular flexibility index (Phi) is 8.07. The van der Waals surface area contributed by atoms with Gasteiger partial charge >= 0.3 is 0 Å². The molecule has 0 N–H and O–H groups in total. The molecule has 0 bridgehead atoms. The lowest BCUT2D eigenvalue weighted by molar-refractivity contribution is 0.669. The van der Waals surface area contributed by atoms with Gasteiger partial charge in [-0.15, -0.1) is 0 Å². The van der Waals surface area contributed by atoms with Crippen LogP contribution in [0.1, 0.15) is 22.9 Å². The fraction of sp³-hybridized carbons (Fsp3) is 0.0208. The number of furan rings is 1. The Hall–Kier alpha value is -7.51. The SMILES string of the molecule is c1ccc(-c2nc(-c3ccccc3)nc(-c3ccccc3C3=NC(c4ccccc4)[N-]C(c4ccccc4-c4cccc5oc6ccccc6c45)=N3)n2)cc1. The summed E-state index contributed by atoms with van der Waals surface area (Å²) in [5, 5.41) is 7.34. The molecule has 2 aromatic heterocycles. The summed E-state index contributed by atoms with van der Waals surface area (Å²) in [7, 11) is 0. The molecule has 1 aliphatic rings. The van der Waals surface area contributed by atoms with E-state index in [9.17, 15) is 0 Å². The van der Waals surface area contributed by atoms with Gasteiger partial charge in [-0.25, -0.2) is 15.0 Å². The molecule has 0 fully saturated rings. The fourth-order valence-electron chi connectivity index (χ4n) is 7.17. The molecule has 0 radical (unpaired) electrons. The van der Waals surface area contributed by atoms with Crippen molar-refractivity contribution in [3.8, 4) is 45.3 Å². The van der Waals surface area contributed by atoms with Gasteiger partial charge in [0.15, 0.2) is 17.5 Å². The molecule has 0 saturated carbocycles. The van der Waals surface area contributed by atoms with E-state index in [0.717, 1.165) is 66.4 Å². The molecule has 55 heavy (non-hydrogen) atoms. The van der Waals surface area contributed by atoms with Gasteiger partial charge in [-0.1, -0.05) is 176 Å². The van der Waals surface area contributed by atoms with Crippen molar-refractivity contribution in [1.82, 2.24) is 15.0 Å². The molecule has 7 heteroatoms. The highest BCUT2D eigenvalue weighted by Gasteiger charge is 2.21. The van der Waals surface area contributed by atoms with Crippen LogP contribution in [0.2, 0.25) is 0 Å². The Labute approximate surface area is 317 Å². The van der Waals surface area contributed by atoms with Crippen molar-refractivity contribution in [3.63, 3.8) is 0 Å². The van der Waals surface area contributed by atoms with Gasteiger partial charge in [0.2, 0.25) is 0 Å². The minimum atomic E-state index is -0.534. The zero-order chi connectivity index (χ0) is 36.6. The van der Waals surface area contributed by atoms with Crippen LogP contribution in [0, 0.1) is 0 Å². The van der Waals surface area contributed by atoms with E-state index in [1.165, 1.54) is 0 Å². The molecule has 1 aliphatic heterocycles. The van der Waals surface area contributed by atoms with Crippen LogP contribution < -0.4 is 0 Å². The Bertz CT molecular complexity index is 2840.